The highest BCUT2D eigenvalue weighted by Crippen LogP contribution is 2.20. The molecule has 1 heterocycles. The molecule has 3 amide bonds. The number of nitrogens with zero attached hydrogens (tertiary/aromatic N) is 1. The van der Waals surface area contributed by atoms with Crippen LogP contribution in [0.4, 0.5) is 0 Å². The molecule has 1 aliphatic rings. The third kappa shape index (κ3) is 6.28. The minimum absolute atomic E-state index is 0.0121. The van der Waals surface area contributed by atoms with Gasteiger partial charge in [0.05, 0.1) is 6.04 Å². The highest BCUT2D eigenvalue weighted by atomic mass is 32.1. The second-order valence-electron chi connectivity index (χ2n) is 6.93. The molecule has 28 heavy (non-hydrogen) atoms. The summed E-state index contributed by atoms with van der Waals surface area (Å²) < 4.78 is 0. The van der Waals surface area contributed by atoms with Gasteiger partial charge in [-0.2, -0.15) is 25.3 Å². The van der Waals surface area contributed by atoms with Gasteiger partial charge < -0.3 is 26.4 Å². The molecule has 5 N–H and O–H groups in total. The van der Waals surface area contributed by atoms with E-state index in [4.69, 9.17) is 10.8 Å². The van der Waals surface area contributed by atoms with E-state index in [1.807, 2.05) is 13.8 Å². The first-order valence-corrected chi connectivity index (χ1v) is 10.6. The Bertz CT molecular complexity index is 592. The molecule has 11 heteroatoms. The molecule has 0 bridgehead atoms. The van der Waals surface area contributed by atoms with Crippen molar-refractivity contribution in [1.82, 2.24) is 15.5 Å². The Morgan fingerprint density at radius 3 is 2.29 bits per heavy atom. The van der Waals surface area contributed by atoms with Crippen LogP contribution in [0.1, 0.15) is 33.1 Å². The number of hydrogen-bond donors (Lipinski definition) is 6. The predicted molar refractivity (Wildman–Crippen MR) is 111 cm³/mol. The van der Waals surface area contributed by atoms with Crippen LogP contribution < -0.4 is 16.4 Å². The third-order valence-electron chi connectivity index (χ3n) is 4.99. The fourth-order valence-electron chi connectivity index (χ4n) is 2.91. The van der Waals surface area contributed by atoms with E-state index in [0.717, 1.165) is 6.42 Å². The van der Waals surface area contributed by atoms with Crippen molar-refractivity contribution in [3.63, 3.8) is 0 Å². The maximum absolute atomic E-state index is 12.7. The number of hydrogen-bond acceptors (Lipinski definition) is 7. The van der Waals surface area contributed by atoms with Crippen molar-refractivity contribution in [2.24, 2.45) is 11.7 Å². The molecule has 0 aromatic rings. The quantitative estimate of drug-likeness (QED) is 0.250. The molecule has 0 spiro atoms. The van der Waals surface area contributed by atoms with E-state index in [1.165, 1.54) is 4.90 Å². The fourth-order valence-corrected chi connectivity index (χ4v) is 3.42. The van der Waals surface area contributed by atoms with Crippen LogP contribution in [-0.2, 0) is 19.2 Å². The first kappa shape index (κ1) is 24.6. The number of likely N-dealkylation sites (tertiary alicyclic amines) is 1. The van der Waals surface area contributed by atoms with Crippen LogP contribution in [-0.4, -0.2) is 75.9 Å². The Labute approximate surface area is 176 Å². The van der Waals surface area contributed by atoms with Crippen molar-refractivity contribution in [3.8, 4) is 0 Å². The van der Waals surface area contributed by atoms with E-state index in [-0.39, 0.29) is 23.3 Å². The minimum Gasteiger partial charge on any atom is -0.480 e. The summed E-state index contributed by atoms with van der Waals surface area (Å²) in [4.78, 5) is 50.1. The second-order valence-corrected chi connectivity index (χ2v) is 7.66. The normalized spacial score (nSPS) is 20.8. The van der Waals surface area contributed by atoms with Crippen molar-refractivity contribution in [3.05, 3.63) is 0 Å². The van der Waals surface area contributed by atoms with Crippen LogP contribution in [0.3, 0.4) is 0 Å². The Balaban J connectivity index is 2.78. The Hall–Kier alpha value is -1.46. The van der Waals surface area contributed by atoms with Gasteiger partial charge in [-0.3, -0.25) is 14.4 Å². The number of thiol groups is 2. The molecule has 9 nitrogen and oxygen atoms in total. The largest absolute Gasteiger partial charge is 0.480 e. The van der Waals surface area contributed by atoms with Crippen LogP contribution >= 0.6 is 25.3 Å². The van der Waals surface area contributed by atoms with Gasteiger partial charge in [0.25, 0.3) is 0 Å². The van der Waals surface area contributed by atoms with Crippen LogP contribution in [0, 0.1) is 5.92 Å². The van der Waals surface area contributed by atoms with Crippen molar-refractivity contribution in [2.75, 3.05) is 18.1 Å². The number of carboxylic acid groups (broad SMARTS) is 1. The average molecular weight is 435 g/mol. The molecule has 0 aromatic carbocycles. The summed E-state index contributed by atoms with van der Waals surface area (Å²) in [5, 5.41) is 13.9. The SMILES string of the molecule is CCC(C)C(N)C(=O)N1CCCC1C(=O)NC(CS)C(=O)NC(CS)C(=O)O. The molecule has 160 valence electrons. The van der Waals surface area contributed by atoms with Gasteiger partial charge in [0, 0.05) is 18.1 Å². The van der Waals surface area contributed by atoms with Gasteiger partial charge in [-0.1, -0.05) is 20.3 Å². The van der Waals surface area contributed by atoms with Crippen LogP contribution in [0.5, 0.6) is 0 Å². The van der Waals surface area contributed by atoms with Crippen molar-refractivity contribution >= 4 is 48.9 Å². The second kappa shape index (κ2) is 11.5. The third-order valence-corrected chi connectivity index (χ3v) is 5.72. The van der Waals surface area contributed by atoms with E-state index < -0.39 is 42.0 Å². The van der Waals surface area contributed by atoms with Crippen LogP contribution in [0.2, 0.25) is 0 Å². The summed E-state index contributed by atoms with van der Waals surface area (Å²) in [6, 6.07) is -3.60. The molecule has 0 aromatic heterocycles. The molecule has 1 fully saturated rings. The van der Waals surface area contributed by atoms with Gasteiger partial charge in [0.15, 0.2) is 0 Å². The highest BCUT2D eigenvalue weighted by molar-refractivity contribution is 7.80. The van der Waals surface area contributed by atoms with Crippen LogP contribution in [0.25, 0.3) is 0 Å². The number of aliphatic carboxylic acids is 1. The zero-order chi connectivity index (χ0) is 21.4. The number of rotatable bonds is 10. The maximum atomic E-state index is 12.7. The molecule has 1 rings (SSSR count). The molecule has 0 radical (unpaired) electrons. The molecule has 1 aliphatic heterocycles. The Kier molecular flexibility index (Phi) is 10.1. The van der Waals surface area contributed by atoms with E-state index in [2.05, 4.69) is 35.9 Å². The number of carbonyl (C=O) groups is 4. The van der Waals surface area contributed by atoms with Gasteiger partial charge in [-0.05, 0) is 18.8 Å². The Morgan fingerprint density at radius 2 is 1.79 bits per heavy atom. The topological polar surface area (TPSA) is 142 Å². The van der Waals surface area contributed by atoms with Crippen molar-refractivity contribution in [1.29, 1.82) is 0 Å². The van der Waals surface area contributed by atoms with Gasteiger partial charge in [-0.15, -0.1) is 0 Å². The minimum atomic E-state index is -1.22. The number of amides is 3. The predicted octanol–water partition coefficient (Wildman–Crippen LogP) is -0.735. The van der Waals surface area contributed by atoms with Crippen molar-refractivity contribution in [2.45, 2.75) is 57.3 Å². The van der Waals surface area contributed by atoms with E-state index >= 15 is 0 Å². The van der Waals surface area contributed by atoms with E-state index in [1.54, 1.807) is 0 Å². The molecule has 0 aliphatic carbocycles. The van der Waals surface area contributed by atoms with Gasteiger partial charge in [0.1, 0.15) is 18.1 Å². The molecule has 1 saturated heterocycles. The highest BCUT2D eigenvalue weighted by Gasteiger charge is 2.38. The summed E-state index contributed by atoms with van der Waals surface area (Å²) in [7, 11) is 0. The molecule has 0 saturated carbocycles. The molecular weight excluding hydrogens is 404 g/mol. The summed E-state index contributed by atoms with van der Waals surface area (Å²) in [6.07, 6.45) is 1.88. The zero-order valence-corrected chi connectivity index (χ0v) is 17.9. The molecule has 5 atom stereocenters. The van der Waals surface area contributed by atoms with Gasteiger partial charge >= 0.3 is 5.97 Å². The number of carbonyl (C=O) groups excluding carboxylic acids is 3. The number of carboxylic acids is 1. The molecular formula is C17H30N4O5S2. The fraction of sp³-hybridized carbons (Fsp3) is 0.765. The first-order chi connectivity index (χ1) is 13.2. The van der Waals surface area contributed by atoms with Gasteiger partial charge in [-0.25, -0.2) is 4.79 Å². The Morgan fingerprint density at radius 1 is 1.18 bits per heavy atom. The standard InChI is InChI=1S/C17H30N4O5S2/c1-3-9(2)13(18)16(24)21-6-4-5-12(21)15(23)19-10(7-27)14(22)20-11(8-28)17(25)26/h9-13,27-28H,3-8,18H2,1-2H3,(H,19,23)(H,20,22)(H,25,26). The smallest absolute Gasteiger partial charge is 0.327 e. The maximum Gasteiger partial charge on any atom is 0.327 e. The van der Waals surface area contributed by atoms with Crippen molar-refractivity contribution < 1.29 is 24.3 Å². The monoisotopic (exact) mass is 434 g/mol. The molecule has 5 unspecified atom stereocenters. The average Bonchev–Trinajstić information content (AvgIpc) is 3.17. The summed E-state index contributed by atoms with van der Waals surface area (Å²) >= 11 is 7.96. The van der Waals surface area contributed by atoms with Gasteiger partial charge in [0.2, 0.25) is 17.7 Å². The summed E-state index contributed by atoms with van der Waals surface area (Å²) in [5.41, 5.74) is 6.03. The van der Waals surface area contributed by atoms with E-state index in [0.29, 0.717) is 19.4 Å². The summed E-state index contributed by atoms with van der Waals surface area (Å²) in [5.74, 6) is -2.77. The lowest BCUT2D eigenvalue weighted by Gasteiger charge is -2.29. The lowest BCUT2D eigenvalue weighted by molar-refractivity contribution is -0.142. The van der Waals surface area contributed by atoms with Crippen LogP contribution in [0.15, 0.2) is 0 Å². The lowest BCUT2D eigenvalue weighted by Crippen LogP contribution is -2.57. The van der Waals surface area contributed by atoms with E-state index in [9.17, 15) is 19.2 Å². The first-order valence-electron chi connectivity index (χ1n) is 9.29. The summed E-state index contributed by atoms with van der Waals surface area (Å²) in [6.45, 7) is 4.26. The lowest BCUT2D eigenvalue weighted by atomic mass is 9.98. The zero-order valence-electron chi connectivity index (χ0n) is 16.1. The number of nitrogens with two attached hydrogens (primary N) is 1. The number of nitrogens with one attached hydrogen (secondary N) is 2.